The summed E-state index contributed by atoms with van der Waals surface area (Å²) in [4.78, 5) is 12.0. The van der Waals surface area contributed by atoms with E-state index in [-0.39, 0.29) is 36.7 Å². The van der Waals surface area contributed by atoms with Gasteiger partial charge in [-0.25, -0.2) is 0 Å². The molecule has 1 rings (SSSR count). The molecule has 0 aliphatic heterocycles. The summed E-state index contributed by atoms with van der Waals surface area (Å²) in [7, 11) is 0. The van der Waals surface area contributed by atoms with Gasteiger partial charge in [0.05, 0.1) is 5.92 Å². The fraction of sp³-hybridized carbons (Fsp3) is 0.929. The van der Waals surface area contributed by atoms with Crippen molar-refractivity contribution in [3.05, 3.63) is 0 Å². The van der Waals surface area contributed by atoms with Crippen molar-refractivity contribution in [2.24, 2.45) is 17.3 Å². The molecular weight excluding hydrogens is 271 g/mol. The van der Waals surface area contributed by atoms with Crippen LogP contribution < -0.4 is 5.32 Å². The molecule has 0 bridgehead atoms. The molecule has 6 heteroatoms. The summed E-state index contributed by atoms with van der Waals surface area (Å²) in [6.45, 7) is 4.36. The fourth-order valence-electron chi connectivity index (χ4n) is 2.54. The molecule has 0 saturated heterocycles. The molecule has 0 atom stereocenters. The average Bonchev–Trinajstić information content (AvgIpc) is 2.35. The Hall–Kier alpha value is -0.780. The van der Waals surface area contributed by atoms with Gasteiger partial charge in [-0.15, -0.1) is 0 Å². The number of nitrogens with one attached hydrogen (secondary N) is 1. The van der Waals surface area contributed by atoms with Gasteiger partial charge in [0.2, 0.25) is 5.91 Å². The Bertz CT molecular complexity index is 321. The summed E-state index contributed by atoms with van der Waals surface area (Å²) in [6, 6.07) is 0. The lowest BCUT2D eigenvalue weighted by molar-refractivity contribution is -0.184. The number of aliphatic hydroxyl groups excluding tert-OH is 1. The molecule has 0 aromatic carbocycles. The SMILES string of the molecule is CC(C)(CCO)CNC(=O)C1CCC(C(F)(F)F)CC1. The van der Waals surface area contributed by atoms with Gasteiger partial charge in [-0.1, -0.05) is 13.8 Å². The van der Waals surface area contributed by atoms with E-state index in [0.717, 1.165) is 0 Å². The molecule has 1 aliphatic carbocycles. The van der Waals surface area contributed by atoms with Gasteiger partial charge in [0, 0.05) is 19.1 Å². The van der Waals surface area contributed by atoms with Crippen LogP contribution in [0, 0.1) is 17.3 Å². The predicted octanol–water partition coefficient (Wildman–Crippen LogP) is 2.88. The Labute approximate surface area is 117 Å². The molecule has 1 amide bonds. The van der Waals surface area contributed by atoms with E-state index in [4.69, 9.17) is 5.11 Å². The number of carbonyl (C=O) groups excluding carboxylic acids is 1. The van der Waals surface area contributed by atoms with Crippen molar-refractivity contribution in [1.29, 1.82) is 0 Å². The number of alkyl halides is 3. The summed E-state index contributed by atoms with van der Waals surface area (Å²) >= 11 is 0. The molecule has 1 aliphatic rings. The Balaban J connectivity index is 2.36. The minimum atomic E-state index is -4.13. The zero-order chi connectivity index (χ0) is 15.4. The Morgan fingerprint density at radius 1 is 1.20 bits per heavy atom. The van der Waals surface area contributed by atoms with Crippen LogP contribution in [0.1, 0.15) is 46.0 Å². The van der Waals surface area contributed by atoms with E-state index < -0.39 is 12.1 Å². The van der Waals surface area contributed by atoms with E-state index >= 15 is 0 Å². The topological polar surface area (TPSA) is 49.3 Å². The predicted molar refractivity (Wildman–Crippen MR) is 70.0 cm³/mol. The number of amides is 1. The van der Waals surface area contributed by atoms with Gasteiger partial charge in [0.1, 0.15) is 0 Å². The van der Waals surface area contributed by atoms with E-state index in [1.807, 2.05) is 13.8 Å². The summed E-state index contributed by atoms with van der Waals surface area (Å²) in [5, 5.41) is 11.7. The number of hydrogen-bond acceptors (Lipinski definition) is 2. The lowest BCUT2D eigenvalue weighted by Crippen LogP contribution is -2.40. The zero-order valence-electron chi connectivity index (χ0n) is 12.1. The third-order valence-corrected chi connectivity index (χ3v) is 4.09. The van der Waals surface area contributed by atoms with Crippen LogP contribution in [0.3, 0.4) is 0 Å². The van der Waals surface area contributed by atoms with Gasteiger partial charge in [-0.05, 0) is 37.5 Å². The van der Waals surface area contributed by atoms with Crippen molar-refractivity contribution in [3.8, 4) is 0 Å². The van der Waals surface area contributed by atoms with Crippen molar-refractivity contribution in [2.75, 3.05) is 13.2 Å². The van der Waals surface area contributed by atoms with Crippen LogP contribution in [0.25, 0.3) is 0 Å². The lowest BCUT2D eigenvalue weighted by Gasteiger charge is -2.30. The molecular formula is C14H24F3NO2. The first-order valence-electron chi connectivity index (χ1n) is 7.11. The molecule has 0 aromatic rings. The first kappa shape index (κ1) is 17.3. The van der Waals surface area contributed by atoms with Crippen LogP contribution >= 0.6 is 0 Å². The number of halogens is 3. The van der Waals surface area contributed by atoms with Crippen molar-refractivity contribution < 1.29 is 23.1 Å². The standard InChI is InChI=1S/C14H24F3NO2/c1-13(2,7-8-19)9-18-12(20)10-3-5-11(6-4-10)14(15,16)17/h10-11,19H,3-9H2,1-2H3,(H,18,20). The van der Waals surface area contributed by atoms with Gasteiger partial charge >= 0.3 is 6.18 Å². The van der Waals surface area contributed by atoms with Crippen molar-refractivity contribution in [2.45, 2.75) is 52.1 Å². The summed E-state index contributed by atoms with van der Waals surface area (Å²) < 4.78 is 37.6. The monoisotopic (exact) mass is 295 g/mol. The smallest absolute Gasteiger partial charge is 0.391 e. The average molecular weight is 295 g/mol. The summed E-state index contributed by atoms with van der Waals surface area (Å²) in [5.74, 6) is -1.72. The van der Waals surface area contributed by atoms with Crippen LogP contribution in [0.15, 0.2) is 0 Å². The van der Waals surface area contributed by atoms with Gasteiger partial charge < -0.3 is 10.4 Å². The summed E-state index contributed by atoms with van der Waals surface area (Å²) in [5.41, 5.74) is -0.201. The minimum Gasteiger partial charge on any atom is -0.396 e. The Morgan fingerprint density at radius 3 is 2.20 bits per heavy atom. The van der Waals surface area contributed by atoms with Crippen LogP contribution in [0.2, 0.25) is 0 Å². The molecule has 0 aromatic heterocycles. The first-order valence-corrected chi connectivity index (χ1v) is 7.11. The fourth-order valence-corrected chi connectivity index (χ4v) is 2.54. The number of carbonyl (C=O) groups is 1. The maximum atomic E-state index is 12.5. The highest BCUT2D eigenvalue weighted by atomic mass is 19.4. The van der Waals surface area contributed by atoms with Crippen LogP contribution in [0.4, 0.5) is 13.2 Å². The van der Waals surface area contributed by atoms with E-state index in [1.54, 1.807) is 0 Å². The second kappa shape index (κ2) is 6.78. The Kier molecular flexibility index (Phi) is 5.86. The molecule has 0 heterocycles. The Morgan fingerprint density at radius 2 is 1.75 bits per heavy atom. The molecule has 0 radical (unpaired) electrons. The quantitative estimate of drug-likeness (QED) is 0.819. The van der Waals surface area contributed by atoms with Gasteiger partial charge in [0.25, 0.3) is 0 Å². The molecule has 3 nitrogen and oxygen atoms in total. The van der Waals surface area contributed by atoms with Gasteiger partial charge in [-0.3, -0.25) is 4.79 Å². The van der Waals surface area contributed by atoms with Gasteiger partial charge in [0.15, 0.2) is 0 Å². The van der Waals surface area contributed by atoms with Crippen LogP contribution in [-0.4, -0.2) is 30.3 Å². The molecule has 0 unspecified atom stereocenters. The second-order valence-corrected chi connectivity index (χ2v) is 6.45. The van der Waals surface area contributed by atoms with Crippen LogP contribution in [0.5, 0.6) is 0 Å². The van der Waals surface area contributed by atoms with Gasteiger partial charge in [-0.2, -0.15) is 13.2 Å². The third kappa shape index (κ3) is 5.31. The zero-order valence-corrected chi connectivity index (χ0v) is 12.1. The second-order valence-electron chi connectivity index (χ2n) is 6.45. The van der Waals surface area contributed by atoms with E-state index in [2.05, 4.69) is 5.32 Å². The molecule has 1 saturated carbocycles. The highest BCUT2D eigenvalue weighted by Crippen LogP contribution is 2.39. The van der Waals surface area contributed by atoms with Crippen molar-refractivity contribution in [3.63, 3.8) is 0 Å². The molecule has 2 N–H and O–H groups in total. The first-order chi connectivity index (χ1) is 9.15. The van der Waals surface area contributed by atoms with E-state index in [9.17, 15) is 18.0 Å². The maximum Gasteiger partial charge on any atom is 0.391 e. The van der Waals surface area contributed by atoms with Crippen molar-refractivity contribution in [1.82, 2.24) is 5.32 Å². The maximum absolute atomic E-state index is 12.5. The molecule has 20 heavy (non-hydrogen) atoms. The lowest BCUT2D eigenvalue weighted by atomic mass is 9.81. The normalized spacial score (nSPS) is 24.5. The highest BCUT2D eigenvalue weighted by Gasteiger charge is 2.42. The molecule has 1 fully saturated rings. The highest BCUT2D eigenvalue weighted by molar-refractivity contribution is 5.78. The third-order valence-electron chi connectivity index (χ3n) is 4.09. The van der Waals surface area contributed by atoms with Crippen molar-refractivity contribution >= 4 is 5.91 Å². The van der Waals surface area contributed by atoms with Crippen LogP contribution in [-0.2, 0) is 4.79 Å². The number of aliphatic hydroxyl groups is 1. The minimum absolute atomic E-state index is 0.0433. The summed E-state index contributed by atoms with van der Waals surface area (Å²) in [6.07, 6.45) is -2.87. The molecule has 118 valence electrons. The number of hydrogen-bond donors (Lipinski definition) is 2. The van der Waals surface area contributed by atoms with E-state index in [0.29, 0.717) is 25.8 Å². The number of rotatable bonds is 5. The van der Waals surface area contributed by atoms with E-state index in [1.165, 1.54) is 0 Å². The largest absolute Gasteiger partial charge is 0.396 e. The molecule has 0 spiro atoms.